The van der Waals surface area contributed by atoms with E-state index in [1.165, 1.54) is 12.0 Å². The first-order chi connectivity index (χ1) is 9.95. The van der Waals surface area contributed by atoms with Gasteiger partial charge in [-0.25, -0.2) is 0 Å². The lowest BCUT2D eigenvalue weighted by molar-refractivity contribution is -0.129. The van der Waals surface area contributed by atoms with Crippen LogP contribution in [0.25, 0.3) is 0 Å². The first-order valence-corrected chi connectivity index (χ1v) is 8.55. The zero-order chi connectivity index (χ0) is 14.8. The van der Waals surface area contributed by atoms with Gasteiger partial charge in [0.1, 0.15) is 0 Å². The molecule has 21 heavy (non-hydrogen) atoms. The molecule has 0 amide bonds. The Morgan fingerprint density at radius 1 is 1.19 bits per heavy atom. The Morgan fingerprint density at radius 2 is 1.95 bits per heavy atom. The third-order valence-electron chi connectivity index (χ3n) is 7.35. The SMILES string of the molecule is C[C@]12CC[C@H](O)CC1=CC[C@@H]1[C@H]3C=CC(=O)[C@@]3(C)CC[C@@H]12. The number of carbonyl (C=O) groups is 1. The zero-order valence-corrected chi connectivity index (χ0v) is 13.1. The fraction of sp³-hybridized carbons (Fsp3) is 0.737. The Hall–Kier alpha value is -0.890. The van der Waals surface area contributed by atoms with Gasteiger partial charge >= 0.3 is 0 Å². The topological polar surface area (TPSA) is 37.3 Å². The number of hydrogen-bond acceptors (Lipinski definition) is 2. The van der Waals surface area contributed by atoms with Crippen molar-refractivity contribution in [1.29, 1.82) is 0 Å². The highest BCUT2D eigenvalue weighted by atomic mass is 16.3. The number of fused-ring (bicyclic) bond motifs is 5. The van der Waals surface area contributed by atoms with Crippen LogP contribution >= 0.6 is 0 Å². The first kappa shape index (κ1) is 13.8. The molecule has 2 nitrogen and oxygen atoms in total. The van der Waals surface area contributed by atoms with Crippen LogP contribution in [0.15, 0.2) is 23.8 Å². The molecular weight excluding hydrogens is 260 g/mol. The molecule has 4 aliphatic carbocycles. The zero-order valence-electron chi connectivity index (χ0n) is 13.1. The van der Waals surface area contributed by atoms with Crippen LogP contribution in [0.5, 0.6) is 0 Å². The van der Waals surface area contributed by atoms with Crippen molar-refractivity contribution in [2.45, 2.75) is 58.5 Å². The van der Waals surface area contributed by atoms with Crippen molar-refractivity contribution in [3.8, 4) is 0 Å². The van der Waals surface area contributed by atoms with E-state index in [1.54, 1.807) is 0 Å². The van der Waals surface area contributed by atoms with Crippen LogP contribution in [0.3, 0.4) is 0 Å². The fourth-order valence-electron chi connectivity index (χ4n) is 5.92. The molecule has 0 aromatic heterocycles. The Bertz CT molecular complexity index is 546. The third kappa shape index (κ3) is 1.72. The van der Waals surface area contributed by atoms with E-state index < -0.39 is 0 Å². The van der Waals surface area contributed by atoms with Crippen LogP contribution in [0.2, 0.25) is 0 Å². The van der Waals surface area contributed by atoms with Crippen molar-refractivity contribution in [2.75, 3.05) is 0 Å². The molecule has 0 unspecified atom stereocenters. The van der Waals surface area contributed by atoms with Crippen LogP contribution in [0.4, 0.5) is 0 Å². The summed E-state index contributed by atoms with van der Waals surface area (Å²) < 4.78 is 0. The molecule has 4 aliphatic rings. The molecule has 2 fully saturated rings. The van der Waals surface area contributed by atoms with E-state index in [1.807, 2.05) is 6.08 Å². The number of ketones is 1. The van der Waals surface area contributed by atoms with E-state index >= 15 is 0 Å². The summed E-state index contributed by atoms with van der Waals surface area (Å²) >= 11 is 0. The number of aliphatic hydroxyl groups is 1. The van der Waals surface area contributed by atoms with Crippen LogP contribution in [-0.2, 0) is 4.79 Å². The summed E-state index contributed by atoms with van der Waals surface area (Å²) in [5, 5.41) is 9.99. The quantitative estimate of drug-likeness (QED) is 0.690. The predicted octanol–water partition coefficient (Wildman–Crippen LogP) is 3.66. The van der Waals surface area contributed by atoms with Gasteiger partial charge < -0.3 is 5.11 Å². The molecule has 2 saturated carbocycles. The summed E-state index contributed by atoms with van der Waals surface area (Å²) in [6.45, 7) is 4.60. The summed E-state index contributed by atoms with van der Waals surface area (Å²) in [6, 6.07) is 0. The Kier molecular flexibility index (Phi) is 2.83. The normalized spacial score (nSPS) is 52.0. The van der Waals surface area contributed by atoms with Crippen LogP contribution in [0.1, 0.15) is 52.4 Å². The van der Waals surface area contributed by atoms with Crippen LogP contribution in [-0.4, -0.2) is 17.0 Å². The van der Waals surface area contributed by atoms with Gasteiger partial charge in [0.2, 0.25) is 0 Å². The van der Waals surface area contributed by atoms with E-state index in [2.05, 4.69) is 26.0 Å². The Labute approximate surface area is 127 Å². The highest BCUT2D eigenvalue weighted by Gasteiger charge is 2.57. The molecule has 0 saturated heterocycles. The lowest BCUT2D eigenvalue weighted by Gasteiger charge is -2.56. The van der Waals surface area contributed by atoms with Crippen LogP contribution < -0.4 is 0 Å². The molecule has 0 aromatic rings. The number of hydrogen-bond donors (Lipinski definition) is 1. The Morgan fingerprint density at radius 3 is 2.76 bits per heavy atom. The van der Waals surface area contributed by atoms with E-state index in [0.29, 0.717) is 23.5 Å². The number of aliphatic hydroxyl groups excluding tert-OH is 1. The largest absolute Gasteiger partial charge is 0.393 e. The summed E-state index contributed by atoms with van der Waals surface area (Å²) in [5.74, 6) is 2.10. The molecule has 0 bridgehead atoms. The maximum absolute atomic E-state index is 12.3. The summed E-state index contributed by atoms with van der Waals surface area (Å²) in [5.41, 5.74) is 1.64. The first-order valence-electron chi connectivity index (χ1n) is 8.55. The number of rotatable bonds is 0. The minimum Gasteiger partial charge on any atom is -0.393 e. The second-order valence-corrected chi connectivity index (χ2v) is 8.25. The third-order valence-corrected chi connectivity index (χ3v) is 7.35. The molecule has 4 rings (SSSR count). The van der Waals surface area contributed by atoms with Crippen molar-refractivity contribution < 1.29 is 9.90 Å². The van der Waals surface area contributed by atoms with Crippen molar-refractivity contribution in [1.82, 2.24) is 0 Å². The van der Waals surface area contributed by atoms with Crippen molar-refractivity contribution in [2.24, 2.45) is 28.6 Å². The minimum atomic E-state index is -0.136. The second-order valence-electron chi connectivity index (χ2n) is 8.25. The van der Waals surface area contributed by atoms with Gasteiger partial charge in [0.25, 0.3) is 0 Å². The molecule has 114 valence electrons. The average molecular weight is 286 g/mol. The summed E-state index contributed by atoms with van der Waals surface area (Å²) in [7, 11) is 0. The van der Waals surface area contributed by atoms with Crippen molar-refractivity contribution >= 4 is 5.78 Å². The highest BCUT2D eigenvalue weighted by Crippen LogP contribution is 2.62. The van der Waals surface area contributed by atoms with Gasteiger partial charge in [-0.15, -0.1) is 0 Å². The molecule has 0 heterocycles. The summed E-state index contributed by atoms with van der Waals surface area (Å²) in [6.07, 6.45) is 12.6. The van der Waals surface area contributed by atoms with E-state index in [0.717, 1.165) is 32.1 Å². The fourth-order valence-corrected chi connectivity index (χ4v) is 5.92. The average Bonchev–Trinajstić information content (AvgIpc) is 2.76. The maximum atomic E-state index is 12.3. The second kappa shape index (κ2) is 4.32. The summed E-state index contributed by atoms with van der Waals surface area (Å²) in [4.78, 5) is 12.3. The molecular formula is C19H26O2. The minimum absolute atomic E-state index is 0.128. The van der Waals surface area contributed by atoms with Gasteiger partial charge in [0.15, 0.2) is 5.78 Å². The molecule has 2 heteroatoms. The maximum Gasteiger partial charge on any atom is 0.161 e. The standard InChI is InChI=1S/C19H26O2/c1-18-9-7-13(20)11-12(18)3-4-14-15-5-6-17(21)19(15,2)10-8-16(14)18/h3,5-6,13-16,20H,4,7-11H2,1-2H3/t13-,14+,15+,16-,18-,19-/m0/s1. The van der Waals surface area contributed by atoms with Crippen molar-refractivity contribution in [3.63, 3.8) is 0 Å². The molecule has 0 spiro atoms. The Balaban J connectivity index is 1.71. The lowest BCUT2D eigenvalue weighted by Crippen LogP contribution is -2.50. The van der Waals surface area contributed by atoms with Gasteiger partial charge in [-0.2, -0.15) is 0 Å². The molecule has 6 atom stereocenters. The van der Waals surface area contributed by atoms with E-state index in [4.69, 9.17) is 0 Å². The van der Waals surface area contributed by atoms with Gasteiger partial charge in [0, 0.05) is 5.41 Å². The van der Waals surface area contributed by atoms with Gasteiger partial charge in [0.05, 0.1) is 6.10 Å². The van der Waals surface area contributed by atoms with Gasteiger partial charge in [-0.3, -0.25) is 4.79 Å². The predicted molar refractivity (Wildman–Crippen MR) is 82.6 cm³/mol. The highest BCUT2D eigenvalue weighted by molar-refractivity contribution is 5.97. The number of allylic oxidation sites excluding steroid dienone is 3. The van der Waals surface area contributed by atoms with E-state index in [9.17, 15) is 9.90 Å². The molecule has 1 N–H and O–H groups in total. The van der Waals surface area contributed by atoms with Crippen LogP contribution in [0, 0.1) is 28.6 Å². The van der Waals surface area contributed by atoms with Crippen molar-refractivity contribution in [3.05, 3.63) is 23.8 Å². The molecule has 0 radical (unpaired) electrons. The molecule has 0 aromatic carbocycles. The monoisotopic (exact) mass is 286 g/mol. The number of carbonyl (C=O) groups excluding carboxylic acids is 1. The molecule has 0 aliphatic heterocycles. The lowest BCUT2D eigenvalue weighted by atomic mass is 9.48. The van der Waals surface area contributed by atoms with E-state index in [-0.39, 0.29) is 16.9 Å². The van der Waals surface area contributed by atoms with Gasteiger partial charge in [-0.1, -0.05) is 31.6 Å². The smallest absolute Gasteiger partial charge is 0.161 e. The van der Waals surface area contributed by atoms with Gasteiger partial charge in [-0.05, 0) is 67.8 Å².